The number of nitrogens with one attached hydrogen (secondary N) is 1. The van der Waals surface area contributed by atoms with E-state index in [1.54, 1.807) is 19.2 Å². The molecule has 9 heteroatoms. The number of rotatable bonds is 4. The van der Waals surface area contributed by atoms with Crippen LogP contribution >= 0.6 is 11.6 Å². The maximum atomic E-state index is 12.5. The minimum atomic E-state index is -3.84. The Morgan fingerprint density at radius 3 is 2.67 bits per heavy atom. The van der Waals surface area contributed by atoms with Crippen LogP contribution in [-0.2, 0) is 16.6 Å². The normalized spacial score (nSPS) is 14.2. The Morgan fingerprint density at radius 1 is 1.25 bits per heavy atom. The molecule has 0 saturated heterocycles. The highest BCUT2D eigenvalue weighted by molar-refractivity contribution is 7.89. The van der Waals surface area contributed by atoms with Crippen molar-refractivity contribution in [3.63, 3.8) is 0 Å². The van der Waals surface area contributed by atoms with Crippen LogP contribution in [0.1, 0.15) is 17.9 Å². The van der Waals surface area contributed by atoms with Crippen molar-refractivity contribution in [3.05, 3.63) is 40.9 Å². The summed E-state index contributed by atoms with van der Waals surface area (Å²) in [5, 5.41) is 0.0666. The molecule has 7 nitrogen and oxygen atoms in total. The smallest absolute Gasteiger partial charge is 0.242 e. The molecule has 0 radical (unpaired) electrons. The summed E-state index contributed by atoms with van der Waals surface area (Å²) in [6.07, 6.45) is 2.30. The zero-order valence-corrected chi connectivity index (χ0v) is 14.5. The summed E-state index contributed by atoms with van der Waals surface area (Å²) >= 11 is 6.12. The minimum Gasteiger partial charge on any atom is -0.490 e. The second-order valence-electron chi connectivity index (χ2n) is 5.22. The quantitative estimate of drug-likeness (QED) is 0.887. The second-order valence-corrected chi connectivity index (χ2v) is 7.36. The molecule has 0 bridgehead atoms. The third kappa shape index (κ3) is 3.77. The average molecular weight is 370 g/mol. The average Bonchev–Trinajstić information content (AvgIpc) is 2.77. The minimum absolute atomic E-state index is 0.0330. The zero-order chi connectivity index (χ0) is 17.2. The van der Waals surface area contributed by atoms with E-state index in [0.717, 1.165) is 12.1 Å². The third-order valence-corrected chi connectivity index (χ3v) is 5.22. The molecule has 2 heterocycles. The summed E-state index contributed by atoms with van der Waals surface area (Å²) in [5.41, 5.74) is 0.757. The molecular formula is C15H16ClN3O4S. The molecule has 3 rings (SSSR count). The standard InChI is InChI=1S/C15H16ClN3O4S/c1-10-3-4-17-15(19-10)9-18-24(20,21)14-8-13-12(7-11(14)16)22-5-2-6-23-13/h3-4,7-8,18H,2,5-6,9H2,1H3. The molecule has 24 heavy (non-hydrogen) atoms. The van der Waals surface area contributed by atoms with E-state index in [1.807, 2.05) is 0 Å². The molecule has 1 aromatic carbocycles. The predicted molar refractivity (Wildman–Crippen MR) is 87.9 cm³/mol. The number of nitrogens with zero attached hydrogens (tertiary/aromatic N) is 2. The van der Waals surface area contributed by atoms with Crippen molar-refractivity contribution in [1.82, 2.24) is 14.7 Å². The van der Waals surface area contributed by atoms with Gasteiger partial charge in [-0.3, -0.25) is 0 Å². The highest BCUT2D eigenvalue weighted by Gasteiger charge is 2.23. The van der Waals surface area contributed by atoms with E-state index in [0.29, 0.717) is 30.5 Å². The second kappa shape index (κ2) is 6.92. The Hall–Kier alpha value is -1.90. The molecule has 2 aromatic rings. The molecule has 1 aromatic heterocycles. The molecule has 0 atom stereocenters. The monoisotopic (exact) mass is 369 g/mol. The number of sulfonamides is 1. The van der Waals surface area contributed by atoms with Gasteiger partial charge < -0.3 is 9.47 Å². The van der Waals surface area contributed by atoms with Gasteiger partial charge in [0.05, 0.1) is 24.8 Å². The first-order chi connectivity index (χ1) is 11.5. The topological polar surface area (TPSA) is 90.4 Å². The van der Waals surface area contributed by atoms with Crippen LogP contribution in [0.25, 0.3) is 0 Å². The van der Waals surface area contributed by atoms with Crippen molar-refractivity contribution in [3.8, 4) is 11.5 Å². The van der Waals surface area contributed by atoms with Gasteiger partial charge in [-0.25, -0.2) is 23.1 Å². The van der Waals surface area contributed by atoms with Crippen LogP contribution in [0.15, 0.2) is 29.3 Å². The van der Waals surface area contributed by atoms with Gasteiger partial charge in [0.15, 0.2) is 11.5 Å². The van der Waals surface area contributed by atoms with Gasteiger partial charge in [0.2, 0.25) is 10.0 Å². The Kier molecular flexibility index (Phi) is 4.88. The van der Waals surface area contributed by atoms with E-state index in [9.17, 15) is 8.42 Å². The number of benzene rings is 1. The zero-order valence-electron chi connectivity index (χ0n) is 13.0. The fraction of sp³-hybridized carbons (Fsp3) is 0.333. The van der Waals surface area contributed by atoms with Gasteiger partial charge in [0.1, 0.15) is 10.7 Å². The Morgan fingerprint density at radius 2 is 1.96 bits per heavy atom. The number of hydrogen-bond acceptors (Lipinski definition) is 6. The number of fused-ring (bicyclic) bond motifs is 1. The van der Waals surface area contributed by atoms with Crippen LogP contribution in [0.5, 0.6) is 11.5 Å². The van der Waals surface area contributed by atoms with Gasteiger partial charge in [-0.1, -0.05) is 11.6 Å². The van der Waals surface area contributed by atoms with Crippen molar-refractivity contribution in [2.45, 2.75) is 24.8 Å². The van der Waals surface area contributed by atoms with E-state index >= 15 is 0 Å². The summed E-state index contributed by atoms with van der Waals surface area (Å²) in [7, 11) is -3.84. The summed E-state index contributed by atoms with van der Waals surface area (Å²) in [4.78, 5) is 8.12. The van der Waals surface area contributed by atoms with Crippen LogP contribution in [0.4, 0.5) is 0 Å². The van der Waals surface area contributed by atoms with Crippen molar-refractivity contribution < 1.29 is 17.9 Å². The van der Waals surface area contributed by atoms with Crippen molar-refractivity contribution in [2.75, 3.05) is 13.2 Å². The van der Waals surface area contributed by atoms with E-state index in [2.05, 4.69) is 14.7 Å². The van der Waals surface area contributed by atoms with Crippen LogP contribution in [0, 0.1) is 6.92 Å². The first-order valence-electron chi connectivity index (χ1n) is 7.33. The van der Waals surface area contributed by atoms with Gasteiger partial charge in [0.25, 0.3) is 0 Å². The Bertz CT molecular complexity index is 858. The number of hydrogen-bond donors (Lipinski definition) is 1. The van der Waals surface area contributed by atoms with Crippen molar-refractivity contribution in [2.24, 2.45) is 0 Å². The van der Waals surface area contributed by atoms with Gasteiger partial charge >= 0.3 is 0 Å². The van der Waals surface area contributed by atoms with E-state index < -0.39 is 10.0 Å². The number of aromatic nitrogens is 2. The number of aryl methyl sites for hydroxylation is 1. The van der Waals surface area contributed by atoms with Crippen LogP contribution < -0.4 is 14.2 Å². The molecule has 128 valence electrons. The van der Waals surface area contributed by atoms with Crippen molar-refractivity contribution in [1.29, 1.82) is 0 Å². The fourth-order valence-electron chi connectivity index (χ4n) is 2.19. The summed E-state index contributed by atoms with van der Waals surface area (Å²) < 4.78 is 38.5. The lowest BCUT2D eigenvalue weighted by molar-refractivity contribution is 0.297. The van der Waals surface area contributed by atoms with Crippen LogP contribution in [0.2, 0.25) is 5.02 Å². The molecule has 0 saturated carbocycles. The Balaban J connectivity index is 1.85. The molecule has 1 N–H and O–H groups in total. The first kappa shape index (κ1) is 16.9. The molecular weight excluding hydrogens is 354 g/mol. The van der Waals surface area contributed by atoms with Gasteiger partial charge in [-0.15, -0.1) is 0 Å². The highest BCUT2D eigenvalue weighted by Crippen LogP contribution is 2.36. The summed E-state index contributed by atoms with van der Waals surface area (Å²) in [6, 6.07) is 4.57. The number of ether oxygens (including phenoxy) is 2. The van der Waals surface area contributed by atoms with Gasteiger partial charge in [-0.2, -0.15) is 0 Å². The lowest BCUT2D eigenvalue weighted by Gasteiger charge is -2.12. The van der Waals surface area contributed by atoms with E-state index in [4.69, 9.17) is 21.1 Å². The summed E-state index contributed by atoms with van der Waals surface area (Å²) in [5.74, 6) is 1.19. The van der Waals surface area contributed by atoms with E-state index in [-0.39, 0.29) is 16.5 Å². The Labute approximate surface area is 145 Å². The molecule has 0 aliphatic carbocycles. The van der Waals surface area contributed by atoms with Gasteiger partial charge in [0, 0.05) is 30.4 Å². The van der Waals surface area contributed by atoms with Crippen LogP contribution in [0.3, 0.4) is 0 Å². The van der Waals surface area contributed by atoms with Gasteiger partial charge in [-0.05, 0) is 13.0 Å². The number of halogens is 1. The fourth-order valence-corrected chi connectivity index (χ4v) is 3.71. The molecule has 1 aliphatic rings. The lowest BCUT2D eigenvalue weighted by atomic mass is 10.3. The molecule has 0 fully saturated rings. The maximum absolute atomic E-state index is 12.5. The highest BCUT2D eigenvalue weighted by atomic mass is 35.5. The predicted octanol–water partition coefficient (Wildman–Crippen LogP) is 2.08. The molecule has 0 amide bonds. The molecule has 0 spiro atoms. The molecule has 0 unspecified atom stereocenters. The maximum Gasteiger partial charge on any atom is 0.242 e. The molecule has 1 aliphatic heterocycles. The lowest BCUT2D eigenvalue weighted by Crippen LogP contribution is -2.24. The largest absolute Gasteiger partial charge is 0.490 e. The summed E-state index contributed by atoms with van der Waals surface area (Å²) in [6.45, 7) is 2.73. The third-order valence-electron chi connectivity index (χ3n) is 3.36. The first-order valence-corrected chi connectivity index (χ1v) is 9.19. The van der Waals surface area contributed by atoms with E-state index in [1.165, 1.54) is 12.1 Å². The SMILES string of the molecule is Cc1ccnc(CNS(=O)(=O)c2cc3c(cc2Cl)OCCCO3)n1. The van der Waals surface area contributed by atoms with Crippen molar-refractivity contribution >= 4 is 21.6 Å². The van der Waals surface area contributed by atoms with Crippen LogP contribution in [-0.4, -0.2) is 31.6 Å².